The van der Waals surface area contributed by atoms with Crippen molar-refractivity contribution in [2.45, 2.75) is 50.1 Å². The van der Waals surface area contributed by atoms with Crippen molar-refractivity contribution in [3.63, 3.8) is 0 Å². The topological polar surface area (TPSA) is 32.8 Å². The monoisotopic (exact) mass is 330 g/mol. The molecule has 0 spiro atoms. The molecule has 1 aromatic rings. The predicted molar refractivity (Wildman–Crippen MR) is 96.1 cm³/mol. The van der Waals surface area contributed by atoms with E-state index in [1.165, 1.54) is 24.8 Å². The molecule has 24 heavy (non-hydrogen) atoms. The first kappa shape index (κ1) is 17.4. The van der Waals surface area contributed by atoms with Crippen LogP contribution in [-0.2, 0) is 9.53 Å². The van der Waals surface area contributed by atoms with Gasteiger partial charge in [-0.15, -0.1) is 0 Å². The quantitative estimate of drug-likeness (QED) is 0.851. The van der Waals surface area contributed by atoms with Crippen LogP contribution in [0.4, 0.5) is 0 Å². The van der Waals surface area contributed by atoms with E-state index in [0.29, 0.717) is 31.0 Å². The number of ether oxygens (including phenoxy) is 1. The molecule has 2 saturated heterocycles. The molecule has 0 N–H and O–H groups in total. The largest absolute Gasteiger partial charge is 0.384 e. The fraction of sp³-hybridized carbons (Fsp3) is 0.650. The van der Waals surface area contributed by atoms with Crippen LogP contribution >= 0.6 is 0 Å². The van der Waals surface area contributed by atoms with Crippen molar-refractivity contribution in [1.82, 2.24) is 9.80 Å². The lowest BCUT2D eigenvalue weighted by molar-refractivity contribution is -0.133. The molecule has 4 nitrogen and oxygen atoms in total. The van der Waals surface area contributed by atoms with Crippen LogP contribution in [0.1, 0.15) is 43.6 Å². The van der Waals surface area contributed by atoms with Crippen LogP contribution in [0.15, 0.2) is 30.3 Å². The molecule has 132 valence electrons. The van der Waals surface area contributed by atoms with Gasteiger partial charge in [-0.1, -0.05) is 43.2 Å². The minimum Gasteiger partial charge on any atom is -0.384 e. The zero-order valence-corrected chi connectivity index (χ0v) is 15.0. The van der Waals surface area contributed by atoms with E-state index in [1.807, 2.05) is 0 Å². The second kappa shape index (κ2) is 8.13. The van der Waals surface area contributed by atoms with Crippen molar-refractivity contribution in [1.29, 1.82) is 0 Å². The van der Waals surface area contributed by atoms with Gasteiger partial charge in [0.15, 0.2) is 0 Å². The number of rotatable bonds is 4. The van der Waals surface area contributed by atoms with Gasteiger partial charge in [-0.25, -0.2) is 0 Å². The maximum atomic E-state index is 12.8. The molecule has 0 bridgehead atoms. The van der Waals surface area contributed by atoms with E-state index >= 15 is 0 Å². The Kier molecular flexibility index (Phi) is 5.90. The summed E-state index contributed by atoms with van der Waals surface area (Å²) in [5.74, 6) is 0.657. The summed E-state index contributed by atoms with van der Waals surface area (Å²) in [6.07, 6.45) is 5.37. The number of nitrogens with zero attached hydrogens (tertiary/aromatic N) is 2. The van der Waals surface area contributed by atoms with Crippen LogP contribution in [0.2, 0.25) is 0 Å². The van der Waals surface area contributed by atoms with E-state index in [1.54, 1.807) is 7.11 Å². The molecule has 0 radical (unpaired) electrons. The fourth-order valence-corrected chi connectivity index (χ4v) is 4.50. The first-order chi connectivity index (χ1) is 11.7. The lowest BCUT2D eigenvalue weighted by Gasteiger charge is -2.37. The van der Waals surface area contributed by atoms with Crippen LogP contribution in [0.25, 0.3) is 0 Å². The average molecular weight is 330 g/mol. The molecule has 0 aromatic heterocycles. The van der Waals surface area contributed by atoms with Crippen LogP contribution in [0.5, 0.6) is 0 Å². The Morgan fingerprint density at radius 3 is 2.75 bits per heavy atom. The van der Waals surface area contributed by atoms with Gasteiger partial charge in [-0.05, 0) is 32.0 Å². The summed E-state index contributed by atoms with van der Waals surface area (Å²) in [6, 6.07) is 11.5. The number of likely N-dealkylation sites (N-methyl/N-ethyl adjacent to an activating group) is 1. The van der Waals surface area contributed by atoms with Crippen molar-refractivity contribution in [3.8, 4) is 0 Å². The Labute approximate surface area is 145 Å². The van der Waals surface area contributed by atoms with Crippen LogP contribution in [0.3, 0.4) is 0 Å². The number of hydrogen-bond donors (Lipinski definition) is 0. The standard InChI is InChI=1S/C20H30N2O2/c1-21-13-8-4-7-11-18-20(21)17(16-9-5-3-6-10-16)15-22(18)19(23)12-14-24-2/h3,5-6,9-10,17-18,20H,4,7-8,11-15H2,1-2H3/t17-,18+,20-/m0/s1. The first-order valence-electron chi connectivity index (χ1n) is 9.26. The van der Waals surface area contributed by atoms with Crippen molar-refractivity contribution >= 4 is 5.91 Å². The number of methoxy groups -OCH3 is 1. The third-order valence-corrected chi connectivity index (χ3v) is 5.69. The Morgan fingerprint density at radius 2 is 2.00 bits per heavy atom. The molecular weight excluding hydrogens is 300 g/mol. The van der Waals surface area contributed by atoms with E-state index in [4.69, 9.17) is 4.74 Å². The van der Waals surface area contributed by atoms with E-state index in [2.05, 4.69) is 47.2 Å². The van der Waals surface area contributed by atoms with Crippen LogP contribution in [0, 0.1) is 0 Å². The zero-order valence-electron chi connectivity index (χ0n) is 15.0. The Bertz CT molecular complexity index is 534. The fourth-order valence-electron chi connectivity index (χ4n) is 4.50. The van der Waals surface area contributed by atoms with Gasteiger partial charge in [0.1, 0.15) is 0 Å². The lowest BCUT2D eigenvalue weighted by Crippen LogP contribution is -2.47. The van der Waals surface area contributed by atoms with Crippen LogP contribution < -0.4 is 0 Å². The molecule has 2 aliphatic rings. The lowest BCUT2D eigenvalue weighted by atomic mass is 9.87. The number of likely N-dealkylation sites (tertiary alicyclic amines) is 2. The van der Waals surface area contributed by atoms with Gasteiger partial charge in [-0.2, -0.15) is 0 Å². The molecule has 1 aromatic carbocycles. The number of carbonyl (C=O) groups is 1. The van der Waals surface area contributed by atoms with Gasteiger partial charge >= 0.3 is 0 Å². The van der Waals surface area contributed by atoms with Gasteiger partial charge in [0.05, 0.1) is 13.0 Å². The number of fused-ring (bicyclic) bond motifs is 1. The molecule has 0 saturated carbocycles. The Hall–Kier alpha value is -1.39. The molecule has 0 unspecified atom stereocenters. The summed E-state index contributed by atoms with van der Waals surface area (Å²) in [4.78, 5) is 17.4. The predicted octanol–water partition coefficient (Wildman–Crippen LogP) is 2.89. The molecule has 2 heterocycles. The average Bonchev–Trinajstić information content (AvgIpc) is 2.97. The third-order valence-electron chi connectivity index (χ3n) is 5.69. The van der Waals surface area contributed by atoms with Gasteiger partial charge < -0.3 is 14.5 Å². The summed E-state index contributed by atoms with van der Waals surface area (Å²) < 4.78 is 5.13. The van der Waals surface area contributed by atoms with Gasteiger partial charge in [0.2, 0.25) is 5.91 Å². The molecule has 2 fully saturated rings. The molecule has 0 aliphatic carbocycles. The Balaban J connectivity index is 1.87. The van der Waals surface area contributed by atoms with E-state index in [-0.39, 0.29) is 5.91 Å². The van der Waals surface area contributed by atoms with Crippen molar-refractivity contribution in [3.05, 3.63) is 35.9 Å². The van der Waals surface area contributed by atoms with Gasteiger partial charge in [-0.3, -0.25) is 4.79 Å². The number of carbonyl (C=O) groups excluding carboxylic acids is 1. The molecular formula is C20H30N2O2. The molecule has 3 rings (SSSR count). The second-order valence-corrected chi connectivity index (χ2v) is 7.19. The minimum absolute atomic E-state index is 0.249. The van der Waals surface area contributed by atoms with Crippen molar-refractivity contribution in [2.24, 2.45) is 0 Å². The normalized spacial score (nSPS) is 28.2. The van der Waals surface area contributed by atoms with Gasteiger partial charge in [0.25, 0.3) is 0 Å². The highest BCUT2D eigenvalue weighted by molar-refractivity contribution is 5.77. The highest BCUT2D eigenvalue weighted by Crippen LogP contribution is 2.38. The SMILES string of the molecule is COCCC(=O)N1C[C@@H](c2ccccc2)[C@H]2[C@H]1CCCCCN2C. The maximum absolute atomic E-state index is 12.8. The summed E-state index contributed by atoms with van der Waals surface area (Å²) in [5.41, 5.74) is 1.36. The highest BCUT2D eigenvalue weighted by Gasteiger charge is 2.45. The summed E-state index contributed by atoms with van der Waals surface area (Å²) in [6.45, 7) is 2.48. The number of benzene rings is 1. The Morgan fingerprint density at radius 1 is 1.21 bits per heavy atom. The van der Waals surface area contributed by atoms with Gasteiger partial charge in [0, 0.05) is 31.7 Å². The molecule has 2 aliphatic heterocycles. The number of hydrogen-bond acceptors (Lipinski definition) is 3. The second-order valence-electron chi connectivity index (χ2n) is 7.19. The van der Waals surface area contributed by atoms with Crippen molar-refractivity contribution in [2.75, 3.05) is 33.9 Å². The maximum Gasteiger partial charge on any atom is 0.225 e. The molecule has 4 heteroatoms. The summed E-state index contributed by atoms with van der Waals surface area (Å²) in [7, 11) is 3.90. The number of amides is 1. The highest BCUT2D eigenvalue weighted by atomic mass is 16.5. The first-order valence-corrected chi connectivity index (χ1v) is 9.26. The van der Waals surface area contributed by atoms with Crippen LogP contribution in [-0.4, -0.2) is 61.6 Å². The zero-order chi connectivity index (χ0) is 16.9. The molecule has 1 amide bonds. The van der Waals surface area contributed by atoms with E-state index < -0.39 is 0 Å². The molecule has 3 atom stereocenters. The third kappa shape index (κ3) is 3.65. The van der Waals surface area contributed by atoms with E-state index in [0.717, 1.165) is 19.5 Å². The summed E-state index contributed by atoms with van der Waals surface area (Å²) in [5, 5.41) is 0. The summed E-state index contributed by atoms with van der Waals surface area (Å²) >= 11 is 0. The smallest absolute Gasteiger partial charge is 0.225 e. The van der Waals surface area contributed by atoms with Crippen molar-refractivity contribution < 1.29 is 9.53 Å². The minimum atomic E-state index is 0.249. The van der Waals surface area contributed by atoms with E-state index in [9.17, 15) is 4.79 Å².